The molecule has 0 N–H and O–H groups in total. The summed E-state index contributed by atoms with van der Waals surface area (Å²) >= 11 is -1.61. The quantitative estimate of drug-likeness (QED) is 0.578. The van der Waals surface area contributed by atoms with Crippen molar-refractivity contribution in [1.29, 1.82) is 0 Å². The van der Waals surface area contributed by atoms with Crippen LogP contribution in [0.25, 0.3) is 0 Å². The van der Waals surface area contributed by atoms with Crippen LogP contribution in [0, 0.1) is 0 Å². The Kier molecular flexibility index (Phi) is 5.39. The van der Waals surface area contributed by atoms with E-state index in [1.54, 1.807) is 5.57 Å². The molecule has 4 heteroatoms. The van der Waals surface area contributed by atoms with E-state index in [-0.39, 0.29) is 0 Å². The third-order valence-corrected chi connectivity index (χ3v) is 7.93. The first kappa shape index (κ1) is 14.6. The van der Waals surface area contributed by atoms with E-state index >= 15 is 0 Å². The Balaban J connectivity index is 2.46. The third kappa shape index (κ3) is 4.80. The Morgan fingerprint density at radius 2 is 1.69 bits per heavy atom. The summed E-state index contributed by atoms with van der Waals surface area (Å²) in [5.41, 5.74) is 1.62. The van der Waals surface area contributed by atoms with Crippen LogP contribution in [0.4, 0.5) is 0 Å². The monoisotopic (exact) mass is 330 g/mol. The van der Waals surface area contributed by atoms with Gasteiger partial charge in [-0.25, -0.2) is 0 Å². The molecule has 0 aromatic carbocycles. The molecule has 0 saturated carbocycles. The summed E-state index contributed by atoms with van der Waals surface area (Å²) in [6.45, 7) is 5.38. The van der Waals surface area contributed by atoms with E-state index in [9.17, 15) is 0 Å². The van der Waals surface area contributed by atoms with Gasteiger partial charge in [-0.3, -0.25) is 0 Å². The zero-order chi connectivity index (χ0) is 12.3. The molecule has 2 nitrogen and oxygen atoms in total. The van der Waals surface area contributed by atoms with Gasteiger partial charge in [0.2, 0.25) is 0 Å². The maximum atomic E-state index is 2.51. The zero-order valence-corrected chi connectivity index (χ0v) is 14.7. The van der Waals surface area contributed by atoms with Crippen molar-refractivity contribution in [1.82, 2.24) is 9.62 Å². The van der Waals surface area contributed by atoms with E-state index in [0.29, 0.717) is 6.98 Å². The summed E-state index contributed by atoms with van der Waals surface area (Å²) < 4.78 is 1.41. The molecule has 1 fully saturated rings. The van der Waals surface area contributed by atoms with Gasteiger partial charge in [0, 0.05) is 0 Å². The van der Waals surface area contributed by atoms with Gasteiger partial charge < -0.3 is 0 Å². The first-order valence-corrected chi connectivity index (χ1v) is 16.9. The molecule has 0 unspecified atom stereocenters. The van der Waals surface area contributed by atoms with E-state index < -0.39 is 18.4 Å². The van der Waals surface area contributed by atoms with Crippen LogP contribution in [-0.4, -0.2) is 62.2 Å². The van der Waals surface area contributed by atoms with Crippen molar-refractivity contribution in [2.75, 3.05) is 27.2 Å². The molecule has 0 atom stereocenters. The molecule has 0 spiro atoms. The fourth-order valence-corrected chi connectivity index (χ4v) is 7.71. The molecule has 0 bridgehead atoms. The molecule has 92 valence electrons. The van der Waals surface area contributed by atoms with Gasteiger partial charge in [-0.05, 0) is 0 Å². The Labute approximate surface area is 106 Å². The van der Waals surface area contributed by atoms with Crippen molar-refractivity contribution in [3.8, 4) is 0 Å². The standard InChI is InChI=1S/C9H18BN2.3CH3.Sn/c1-9(2)5-6-10-11(3)7-8-12(10)4;;;;/h5H,1,6-8H2,2-4H3;3*1H3;/b9-5-;;;;. The van der Waals surface area contributed by atoms with Crippen LogP contribution >= 0.6 is 0 Å². The average molecular weight is 329 g/mol. The first-order valence-electron chi connectivity index (χ1n) is 6.36. The summed E-state index contributed by atoms with van der Waals surface area (Å²) in [4.78, 5) is 12.5. The molecule has 1 saturated heterocycles. The van der Waals surface area contributed by atoms with Crippen molar-refractivity contribution in [2.24, 2.45) is 0 Å². The number of nitrogens with zero attached hydrogens (tertiary/aromatic N) is 2. The SMILES string of the molecule is C/C(=C\CB1N(C)CCN1C)[CH2][Sn]([CH3])([CH3])[CH3]. The predicted octanol–water partition coefficient (Wildman–Crippen LogP) is 2.64. The molecule has 1 aliphatic rings. The van der Waals surface area contributed by atoms with Gasteiger partial charge in [0.05, 0.1) is 0 Å². The predicted molar refractivity (Wildman–Crippen MR) is 77.7 cm³/mol. The Hall–Kier alpha value is 0.524. The topological polar surface area (TPSA) is 6.48 Å². The summed E-state index contributed by atoms with van der Waals surface area (Å²) in [6, 6.07) is 0. The van der Waals surface area contributed by atoms with Gasteiger partial charge in [-0.2, -0.15) is 0 Å². The van der Waals surface area contributed by atoms with Gasteiger partial charge in [-0.15, -0.1) is 0 Å². The van der Waals surface area contributed by atoms with Crippen molar-refractivity contribution in [3.05, 3.63) is 11.6 Å². The number of rotatable bonds is 4. The van der Waals surface area contributed by atoms with Crippen molar-refractivity contribution >= 4 is 25.4 Å². The second kappa shape index (κ2) is 5.92. The van der Waals surface area contributed by atoms with Gasteiger partial charge in [0.25, 0.3) is 0 Å². The molecule has 0 amide bonds. The molecule has 16 heavy (non-hydrogen) atoms. The van der Waals surface area contributed by atoms with Gasteiger partial charge in [-0.1, -0.05) is 0 Å². The number of hydrogen-bond acceptors (Lipinski definition) is 2. The third-order valence-electron chi connectivity index (χ3n) is 3.31. The van der Waals surface area contributed by atoms with Crippen molar-refractivity contribution in [2.45, 2.75) is 32.5 Å². The molecule has 0 radical (unpaired) electrons. The van der Waals surface area contributed by atoms with E-state index in [2.05, 4.69) is 51.5 Å². The molecular weight excluding hydrogens is 302 g/mol. The van der Waals surface area contributed by atoms with E-state index in [1.807, 2.05) is 0 Å². The van der Waals surface area contributed by atoms with Gasteiger partial charge >= 0.3 is 106 Å². The molecule has 1 heterocycles. The second-order valence-corrected chi connectivity index (χ2v) is 22.1. The van der Waals surface area contributed by atoms with Crippen LogP contribution in [0.2, 0.25) is 25.6 Å². The molecular formula is C12H27BN2Sn. The van der Waals surface area contributed by atoms with Crippen LogP contribution in [0.3, 0.4) is 0 Å². The second-order valence-electron chi connectivity index (χ2n) is 6.47. The molecule has 1 aliphatic heterocycles. The molecule has 1 rings (SSSR count). The molecule has 0 aliphatic carbocycles. The maximum absolute atomic E-state index is 2.51. The van der Waals surface area contributed by atoms with Crippen LogP contribution in [-0.2, 0) is 0 Å². The first-order chi connectivity index (χ1) is 7.29. The van der Waals surface area contributed by atoms with Crippen LogP contribution in [0.1, 0.15) is 6.92 Å². The Morgan fingerprint density at radius 1 is 1.19 bits per heavy atom. The number of likely N-dealkylation sites (N-methyl/N-ethyl adjacent to an activating group) is 2. The molecule has 0 aromatic rings. The van der Waals surface area contributed by atoms with E-state index in [4.69, 9.17) is 0 Å². The van der Waals surface area contributed by atoms with E-state index in [1.165, 1.54) is 23.8 Å². The summed E-state index contributed by atoms with van der Waals surface area (Å²) in [5.74, 6) is 0. The Morgan fingerprint density at radius 3 is 2.12 bits per heavy atom. The van der Waals surface area contributed by atoms with Crippen LogP contribution in [0.15, 0.2) is 11.6 Å². The average Bonchev–Trinajstić information content (AvgIpc) is 2.41. The summed E-state index contributed by atoms with van der Waals surface area (Å²) in [6.07, 6.45) is 3.67. The zero-order valence-electron chi connectivity index (χ0n) is 11.9. The number of allylic oxidation sites excluding steroid dienone is 2. The minimum atomic E-state index is -1.61. The van der Waals surface area contributed by atoms with Crippen LogP contribution < -0.4 is 0 Å². The normalized spacial score (nSPS) is 20.9. The van der Waals surface area contributed by atoms with Crippen molar-refractivity contribution < 1.29 is 0 Å². The molecule has 0 aromatic heterocycles. The summed E-state index contributed by atoms with van der Waals surface area (Å²) in [7, 11) is 4.47. The van der Waals surface area contributed by atoms with E-state index in [0.717, 1.165) is 0 Å². The van der Waals surface area contributed by atoms with Gasteiger partial charge in [0.15, 0.2) is 0 Å². The van der Waals surface area contributed by atoms with Crippen molar-refractivity contribution in [3.63, 3.8) is 0 Å². The Bertz CT molecular complexity index is 250. The van der Waals surface area contributed by atoms with Crippen LogP contribution in [0.5, 0.6) is 0 Å². The van der Waals surface area contributed by atoms with Gasteiger partial charge in [0.1, 0.15) is 0 Å². The fourth-order valence-electron chi connectivity index (χ4n) is 2.53. The number of hydrogen-bond donors (Lipinski definition) is 0. The summed E-state index contributed by atoms with van der Waals surface area (Å²) in [5, 5.41) is 0. The minimum absolute atomic E-state index is 0.630. The fraction of sp³-hybridized carbons (Fsp3) is 0.833.